The summed E-state index contributed by atoms with van der Waals surface area (Å²) in [6, 6.07) is 31.4. The molecule has 0 radical (unpaired) electrons. The first-order valence-corrected chi connectivity index (χ1v) is 12.7. The van der Waals surface area contributed by atoms with Crippen LogP contribution in [0.3, 0.4) is 0 Å². The van der Waals surface area contributed by atoms with Crippen molar-refractivity contribution in [3.63, 3.8) is 0 Å². The van der Waals surface area contributed by atoms with Crippen molar-refractivity contribution < 1.29 is 18.7 Å². The molecule has 0 bridgehead atoms. The molecule has 0 fully saturated rings. The molecule has 1 aliphatic rings. The maximum Gasteiger partial charge on any atom is 0.274 e. The predicted molar refractivity (Wildman–Crippen MR) is 151 cm³/mol. The number of carbonyl (C=O) groups excluding carboxylic acids is 1. The number of rotatable bonds is 7. The number of ether oxygens (including phenoxy) is 2. The van der Waals surface area contributed by atoms with Gasteiger partial charge in [-0.2, -0.15) is 0 Å². The van der Waals surface area contributed by atoms with Crippen LogP contribution in [0.4, 0.5) is 5.69 Å². The highest BCUT2D eigenvalue weighted by atomic mass is 16.7. The second kappa shape index (κ2) is 10.4. The fourth-order valence-corrected chi connectivity index (χ4v) is 4.55. The molecule has 2 heterocycles. The molecule has 1 aliphatic heterocycles. The molecule has 7 heteroatoms. The highest BCUT2D eigenvalue weighted by molar-refractivity contribution is 5.98. The van der Waals surface area contributed by atoms with Gasteiger partial charge in [0, 0.05) is 37.5 Å². The first kappa shape index (κ1) is 24.3. The minimum Gasteiger partial charge on any atom is -0.454 e. The van der Waals surface area contributed by atoms with Gasteiger partial charge in [-0.1, -0.05) is 54.6 Å². The fourth-order valence-electron chi connectivity index (χ4n) is 4.55. The Morgan fingerprint density at radius 3 is 2.31 bits per heavy atom. The number of benzene rings is 4. The molecule has 0 saturated carbocycles. The largest absolute Gasteiger partial charge is 0.454 e. The standard InChI is InChI=1S/C32H27N3O4/c1-35(2)24-15-13-23(14-16-24)30-29(31(36)33-19-21-12-17-27-28(18-21)38-20-37-27)34-32(39-30)26-11-7-6-10-25(26)22-8-4-3-5-9-22/h3-18H,19-20H2,1-2H3,(H,33,36). The Kier molecular flexibility index (Phi) is 6.47. The number of anilines is 1. The molecule has 194 valence electrons. The Morgan fingerprint density at radius 2 is 1.54 bits per heavy atom. The monoisotopic (exact) mass is 517 g/mol. The van der Waals surface area contributed by atoms with Gasteiger partial charge in [0.25, 0.3) is 5.91 Å². The molecule has 1 amide bonds. The van der Waals surface area contributed by atoms with Crippen molar-refractivity contribution in [2.75, 3.05) is 25.8 Å². The van der Waals surface area contributed by atoms with E-state index in [9.17, 15) is 4.79 Å². The van der Waals surface area contributed by atoms with Gasteiger partial charge >= 0.3 is 0 Å². The zero-order valence-electron chi connectivity index (χ0n) is 21.7. The molecule has 1 N–H and O–H groups in total. The van der Waals surface area contributed by atoms with Gasteiger partial charge in [0.05, 0.1) is 0 Å². The van der Waals surface area contributed by atoms with Crippen molar-refractivity contribution in [2.24, 2.45) is 0 Å². The summed E-state index contributed by atoms with van der Waals surface area (Å²) in [6.07, 6.45) is 0. The number of nitrogens with one attached hydrogen (secondary N) is 1. The highest BCUT2D eigenvalue weighted by Crippen LogP contribution is 2.36. The quantitative estimate of drug-likeness (QED) is 0.269. The summed E-state index contributed by atoms with van der Waals surface area (Å²) in [5.74, 6) is 1.85. The predicted octanol–water partition coefficient (Wildman–Crippen LogP) is 6.40. The van der Waals surface area contributed by atoms with Crippen LogP contribution < -0.4 is 19.7 Å². The lowest BCUT2D eigenvalue weighted by Crippen LogP contribution is -2.23. The maximum absolute atomic E-state index is 13.5. The number of fused-ring (bicyclic) bond motifs is 1. The molecule has 0 unspecified atom stereocenters. The van der Waals surface area contributed by atoms with E-state index in [1.165, 1.54) is 0 Å². The number of carbonyl (C=O) groups is 1. The number of hydrogen-bond acceptors (Lipinski definition) is 6. The van der Waals surface area contributed by atoms with Crippen LogP contribution in [0.25, 0.3) is 33.9 Å². The normalized spacial score (nSPS) is 11.8. The molecule has 0 spiro atoms. The summed E-state index contributed by atoms with van der Waals surface area (Å²) >= 11 is 0. The van der Waals surface area contributed by atoms with E-state index in [0.717, 1.165) is 33.5 Å². The third-order valence-corrected chi connectivity index (χ3v) is 6.62. The summed E-state index contributed by atoms with van der Waals surface area (Å²) in [5.41, 5.74) is 5.75. The lowest BCUT2D eigenvalue weighted by Gasteiger charge is -2.12. The van der Waals surface area contributed by atoms with Crippen molar-refractivity contribution in [2.45, 2.75) is 6.54 Å². The molecule has 0 atom stereocenters. The molecule has 5 aromatic rings. The van der Waals surface area contributed by atoms with Crippen LogP contribution >= 0.6 is 0 Å². The molecule has 0 saturated heterocycles. The van der Waals surface area contributed by atoms with Gasteiger partial charge in [-0.25, -0.2) is 4.98 Å². The smallest absolute Gasteiger partial charge is 0.274 e. The minimum absolute atomic E-state index is 0.202. The lowest BCUT2D eigenvalue weighted by atomic mass is 10.00. The van der Waals surface area contributed by atoms with E-state index in [4.69, 9.17) is 18.9 Å². The van der Waals surface area contributed by atoms with Crippen molar-refractivity contribution in [3.05, 3.63) is 108 Å². The highest BCUT2D eigenvalue weighted by Gasteiger charge is 2.24. The Balaban J connectivity index is 1.37. The van der Waals surface area contributed by atoms with Crippen LogP contribution in [-0.2, 0) is 6.54 Å². The zero-order chi connectivity index (χ0) is 26.8. The molecule has 6 rings (SSSR count). The molecule has 39 heavy (non-hydrogen) atoms. The third-order valence-electron chi connectivity index (χ3n) is 6.62. The summed E-state index contributed by atoms with van der Waals surface area (Å²) < 4.78 is 17.2. The van der Waals surface area contributed by atoms with E-state index in [-0.39, 0.29) is 18.4 Å². The maximum atomic E-state index is 13.5. The zero-order valence-corrected chi connectivity index (χ0v) is 21.7. The van der Waals surface area contributed by atoms with E-state index in [2.05, 4.69) is 5.32 Å². The average Bonchev–Trinajstić information content (AvgIpc) is 3.64. The molecule has 4 aromatic carbocycles. The summed E-state index contributed by atoms with van der Waals surface area (Å²) in [5, 5.41) is 2.99. The van der Waals surface area contributed by atoms with Gasteiger partial charge in [-0.05, 0) is 59.2 Å². The topological polar surface area (TPSA) is 76.8 Å². The van der Waals surface area contributed by atoms with Gasteiger partial charge in [0.15, 0.2) is 23.0 Å². The number of hydrogen-bond donors (Lipinski definition) is 1. The fraction of sp³-hybridized carbons (Fsp3) is 0.125. The van der Waals surface area contributed by atoms with Gasteiger partial charge in [0.1, 0.15) is 0 Å². The average molecular weight is 518 g/mol. The first-order valence-electron chi connectivity index (χ1n) is 12.7. The number of aromatic nitrogens is 1. The van der Waals surface area contributed by atoms with Crippen molar-refractivity contribution in [1.82, 2.24) is 10.3 Å². The van der Waals surface area contributed by atoms with Crippen LogP contribution in [-0.4, -0.2) is 31.8 Å². The van der Waals surface area contributed by atoms with Crippen molar-refractivity contribution >= 4 is 11.6 Å². The van der Waals surface area contributed by atoms with Crippen molar-refractivity contribution in [3.8, 4) is 45.4 Å². The van der Waals surface area contributed by atoms with Crippen LogP contribution in [0.1, 0.15) is 16.1 Å². The number of amides is 1. The lowest BCUT2D eigenvalue weighted by molar-refractivity contribution is 0.0946. The van der Waals surface area contributed by atoms with E-state index in [0.29, 0.717) is 29.7 Å². The molecule has 7 nitrogen and oxygen atoms in total. The Labute approximate surface area is 226 Å². The third kappa shape index (κ3) is 4.94. The van der Waals surface area contributed by atoms with E-state index < -0.39 is 0 Å². The van der Waals surface area contributed by atoms with E-state index in [1.54, 1.807) is 0 Å². The Bertz CT molecular complexity index is 1630. The van der Waals surface area contributed by atoms with Crippen LogP contribution in [0.2, 0.25) is 0 Å². The van der Waals surface area contributed by atoms with E-state index in [1.807, 2.05) is 116 Å². The van der Waals surface area contributed by atoms with Crippen LogP contribution in [0.15, 0.2) is 101 Å². The van der Waals surface area contributed by atoms with E-state index >= 15 is 0 Å². The molecule has 1 aromatic heterocycles. The molecular weight excluding hydrogens is 490 g/mol. The van der Waals surface area contributed by atoms with Crippen LogP contribution in [0, 0.1) is 0 Å². The van der Waals surface area contributed by atoms with Crippen LogP contribution in [0.5, 0.6) is 11.5 Å². The Hall–Kier alpha value is -5.04. The number of nitrogens with zero attached hydrogens (tertiary/aromatic N) is 2. The van der Waals surface area contributed by atoms with Gasteiger partial charge < -0.3 is 24.1 Å². The summed E-state index contributed by atoms with van der Waals surface area (Å²) in [6.45, 7) is 0.505. The molecule has 0 aliphatic carbocycles. The minimum atomic E-state index is -0.327. The Morgan fingerprint density at radius 1 is 0.821 bits per heavy atom. The van der Waals surface area contributed by atoms with Gasteiger partial charge in [-0.3, -0.25) is 4.79 Å². The molecular formula is C32H27N3O4. The van der Waals surface area contributed by atoms with Gasteiger partial charge in [0.2, 0.25) is 12.7 Å². The SMILES string of the molecule is CN(C)c1ccc(-c2oc(-c3ccccc3-c3ccccc3)nc2C(=O)NCc2ccc3c(c2)OCO3)cc1. The van der Waals surface area contributed by atoms with Gasteiger partial charge in [-0.15, -0.1) is 0 Å². The summed E-state index contributed by atoms with van der Waals surface area (Å²) in [7, 11) is 3.97. The first-order chi connectivity index (χ1) is 19.1. The number of oxazole rings is 1. The van der Waals surface area contributed by atoms with Crippen molar-refractivity contribution in [1.29, 1.82) is 0 Å². The second-order valence-electron chi connectivity index (χ2n) is 9.42. The second-order valence-corrected chi connectivity index (χ2v) is 9.42. The summed E-state index contributed by atoms with van der Waals surface area (Å²) in [4.78, 5) is 20.3.